The number of nitrogens with one attached hydrogen (secondary N) is 1. The number of nitrogens with zero attached hydrogens (tertiary/aromatic N) is 3. The Hall–Kier alpha value is -3.19. The topological polar surface area (TPSA) is 93.9 Å². The molecule has 4 aromatic rings. The highest BCUT2D eigenvalue weighted by Gasteiger charge is 2.15. The van der Waals surface area contributed by atoms with Crippen LogP contribution >= 0.6 is 11.6 Å². The molecule has 0 radical (unpaired) electrons. The first-order valence-corrected chi connectivity index (χ1v) is 8.15. The van der Waals surface area contributed by atoms with Crippen LogP contribution < -0.4 is 0 Å². The Morgan fingerprint density at radius 2 is 2.19 bits per heavy atom. The molecule has 3 heterocycles. The first kappa shape index (κ1) is 16.3. The summed E-state index contributed by atoms with van der Waals surface area (Å²) in [6.45, 7) is 0. The second-order valence-corrected chi connectivity index (χ2v) is 5.99. The fraction of sp³-hybridized carbons (Fsp3) is 0.111. The van der Waals surface area contributed by atoms with Gasteiger partial charge in [-0.15, -0.1) is 0 Å². The zero-order valence-electron chi connectivity index (χ0n) is 13.7. The predicted molar refractivity (Wildman–Crippen MR) is 95.0 cm³/mol. The number of carbonyl (C=O) groups is 1. The third-order valence-electron chi connectivity index (χ3n) is 3.99. The Morgan fingerprint density at radius 3 is 3.00 bits per heavy atom. The van der Waals surface area contributed by atoms with Crippen LogP contribution in [0.3, 0.4) is 0 Å². The van der Waals surface area contributed by atoms with Crippen LogP contribution in [0, 0.1) is 0 Å². The van der Waals surface area contributed by atoms with E-state index in [1.54, 1.807) is 24.4 Å². The number of aromatic amines is 1. The van der Waals surface area contributed by atoms with Gasteiger partial charge in [-0.3, -0.25) is 0 Å². The summed E-state index contributed by atoms with van der Waals surface area (Å²) in [6.07, 6.45) is 3.85. The quantitative estimate of drug-likeness (QED) is 0.552. The summed E-state index contributed by atoms with van der Waals surface area (Å²) in [5.41, 5.74) is 2.75. The number of esters is 1. The van der Waals surface area contributed by atoms with Gasteiger partial charge >= 0.3 is 5.97 Å². The van der Waals surface area contributed by atoms with E-state index in [4.69, 9.17) is 16.1 Å². The van der Waals surface area contributed by atoms with Crippen LogP contribution in [0.25, 0.3) is 22.4 Å². The van der Waals surface area contributed by atoms with Crippen LogP contribution in [0.2, 0.25) is 5.02 Å². The van der Waals surface area contributed by atoms with Crippen LogP contribution in [0.4, 0.5) is 0 Å². The largest absolute Gasteiger partial charge is 0.465 e. The van der Waals surface area contributed by atoms with Crippen molar-refractivity contribution >= 4 is 28.6 Å². The van der Waals surface area contributed by atoms with Crippen molar-refractivity contribution in [2.24, 2.45) is 0 Å². The van der Waals surface area contributed by atoms with Crippen LogP contribution in [0.1, 0.15) is 21.8 Å². The standard InChI is InChI=1S/C18H13ClN4O3/c1-25-18(24)11-3-2-10(14(19)8-11)9-15-22-17(23-26-15)13-5-7-21-16-12(13)4-6-20-16/h2-8H,9H2,1H3,(H,20,21). The van der Waals surface area contributed by atoms with Gasteiger partial charge < -0.3 is 14.2 Å². The van der Waals surface area contributed by atoms with Gasteiger partial charge in [0.05, 0.1) is 19.1 Å². The number of hydrogen-bond donors (Lipinski definition) is 1. The lowest BCUT2D eigenvalue weighted by atomic mass is 10.1. The van der Waals surface area contributed by atoms with E-state index in [1.807, 2.05) is 18.3 Å². The number of ether oxygens (including phenoxy) is 1. The summed E-state index contributed by atoms with van der Waals surface area (Å²) < 4.78 is 10.0. The van der Waals surface area contributed by atoms with Crippen molar-refractivity contribution in [1.29, 1.82) is 0 Å². The van der Waals surface area contributed by atoms with Crippen molar-refractivity contribution in [3.8, 4) is 11.4 Å². The Balaban J connectivity index is 1.61. The molecule has 3 aromatic heterocycles. The fourth-order valence-electron chi connectivity index (χ4n) is 2.69. The van der Waals surface area contributed by atoms with E-state index in [9.17, 15) is 4.79 Å². The molecule has 0 aliphatic rings. The van der Waals surface area contributed by atoms with E-state index in [-0.39, 0.29) is 0 Å². The number of methoxy groups -OCH3 is 1. The number of carbonyl (C=O) groups excluding carboxylic acids is 1. The highest BCUT2D eigenvalue weighted by atomic mass is 35.5. The summed E-state index contributed by atoms with van der Waals surface area (Å²) in [5.74, 6) is 0.467. The maximum atomic E-state index is 11.6. The molecule has 0 amide bonds. The lowest BCUT2D eigenvalue weighted by Gasteiger charge is -2.04. The van der Waals surface area contributed by atoms with E-state index in [0.29, 0.717) is 28.7 Å². The monoisotopic (exact) mass is 368 g/mol. The van der Waals surface area contributed by atoms with Gasteiger partial charge in [0.15, 0.2) is 0 Å². The number of rotatable bonds is 4. The average molecular weight is 369 g/mol. The van der Waals surface area contributed by atoms with Crippen molar-refractivity contribution in [3.63, 3.8) is 0 Å². The molecule has 130 valence electrons. The van der Waals surface area contributed by atoms with Crippen LogP contribution in [0.15, 0.2) is 47.2 Å². The number of fused-ring (bicyclic) bond motifs is 1. The predicted octanol–water partition coefficient (Wildman–Crippen LogP) is 3.64. The van der Waals surface area contributed by atoms with Crippen LogP contribution in [-0.2, 0) is 11.2 Å². The highest BCUT2D eigenvalue weighted by Crippen LogP contribution is 2.26. The molecular formula is C18H13ClN4O3. The molecule has 0 saturated heterocycles. The van der Waals surface area contributed by atoms with Gasteiger partial charge in [0.25, 0.3) is 0 Å². The Labute approximate surface area is 153 Å². The zero-order valence-corrected chi connectivity index (χ0v) is 14.4. The van der Waals surface area contributed by atoms with Gasteiger partial charge in [0, 0.05) is 28.4 Å². The second kappa shape index (κ2) is 6.61. The summed E-state index contributed by atoms with van der Waals surface area (Å²) in [7, 11) is 1.32. The van der Waals surface area contributed by atoms with Crippen LogP contribution in [-0.4, -0.2) is 33.2 Å². The minimum atomic E-state index is -0.438. The first-order chi connectivity index (χ1) is 12.7. The molecule has 0 bridgehead atoms. The summed E-state index contributed by atoms with van der Waals surface area (Å²) in [4.78, 5) is 23.3. The van der Waals surface area contributed by atoms with Crippen molar-refractivity contribution in [2.45, 2.75) is 6.42 Å². The van der Waals surface area contributed by atoms with E-state index >= 15 is 0 Å². The van der Waals surface area contributed by atoms with Gasteiger partial charge in [0.1, 0.15) is 5.65 Å². The van der Waals surface area contributed by atoms with E-state index in [2.05, 4.69) is 24.8 Å². The number of halogens is 1. The SMILES string of the molecule is COC(=O)c1ccc(Cc2nc(-c3ccnc4[nH]ccc34)no2)c(Cl)c1. The molecule has 0 saturated carbocycles. The van der Waals surface area contributed by atoms with Gasteiger partial charge in [-0.2, -0.15) is 4.98 Å². The van der Waals surface area contributed by atoms with Gasteiger partial charge in [0.2, 0.25) is 11.7 Å². The normalized spacial score (nSPS) is 11.0. The molecule has 0 atom stereocenters. The molecule has 0 aliphatic carbocycles. The van der Waals surface area contributed by atoms with Crippen molar-refractivity contribution in [1.82, 2.24) is 20.1 Å². The molecule has 1 aromatic carbocycles. The number of aromatic nitrogens is 4. The summed E-state index contributed by atoms with van der Waals surface area (Å²) in [6, 6.07) is 8.71. The van der Waals surface area contributed by atoms with Crippen molar-refractivity contribution in [2.75, 3.05) is 7.11 Å². The number of pyridine rings is 1. The van der Waals surface area contributed by atoms with Crippen molar-refractivity contribution in [3.05, 3.63) is 64.8 Å². The Morgan fingerprint density at radius 1 is 1.31 bits per heavy atom. The minimum Gasteiger partial charge on any atom is -0.465 e. The Bertz CT molecular complexity index is 1100. The minimum absolute atomic E-state index is 0.356. The molecule has 26 heavy (non-hydrogen) atoms. The van der Waals surface area contributed by atoms with Crippen molar-refractivity contribution < 1.29 is 14.1 Å². The molecule has 7 nitrogen and oxygen atoms in total. The zero-order chi connectivity index (χ0) is 18.1. The maximum absolute atomic E-state index is 11.6. The molecule has 4 rings (SSSR count). The van der Waals surface area contributed by atoms with Gasteiger partial charge in [-0.1, -0.05) is 22.8 Å². The van der Waals surface area contributed by atoms with Gasteiger partial charge in [-0.25, -0.2) is 9.78 Å². The van der Waals surface area contributed by atoms with E-state index < -0.39 is 5.97 Å². The first-order valence-electron chi connectivity index (χ1n) is 7.77. The number of benzene rings is 1. The lowest BCUT2D eigenvalue weighted by Crippen LogP contribution is -2.01. The molecule has 0 unspecified atom stereocenters. The van der Waals surface area contributed by atoms with Gasteiger partial charge in [-0.05, 0) is 29.8 Å². The van der Waals surface area contributed by atoms with E-state index in [0.717, 1.165) is 22.2 Å². The maximum Gasteiger partial charge on any atom is 0.337 e. The summed E-state index contributed by atoms with van der Waals surface area (Å²) in [5, 5.41) is 5.41. The number of hydrogen-bond acceptors (Lipinski definition) is 6. The third-order valence-corrected chi connectivity index (χ3v) is 4.34. The smallest absolute Gasteiger partial charge is 0.337 e. The second-order valence-electron chi connectivity index (χ2n) is 5.58. The lowest BCUT2D eigenvalue weighted by molar-refractivity contribution is 0.0600. The molecule has 0 spiro atoms. The third kappa shape index (κ3) is 2.93. The average Bonchev–Trinajstić information content (AvgIpc) is 3.31. The fourth-order valence-corrected chi connectivity index (χ4v) is 2.94. The molecule has 1 N–H and O–H groups in total. The highest BCUT2D eigenvalue weighted by molar-refractivity contribution is 6.31. The van der Waals surface area contributed by atoms with E-state index in [1.165, 1.54) is 7.11 Å². The summed E-state index contributed by atoms with van der Waals surface area (Å²) >= 11 is 6.26. The van der Waals surface area contributed by atoms with Crippen LogP contribution in [0.5, 0.6) is 0 Å². The number of H-pyrrole nitrogens is 1. The molecule has 8 heteroatoms. The molecular weight excluding hydrogens is 356 g/mol. The molecule has 0 aliphatic heterocycles. The Kier molecular flexibility index (Phi) is 4.14. The molecule has 0 fully saturated rings.